The van der Waals surface area contributed by atoms with Crippen molar-refractivity contribution in [3.63, 3.8) is 0 Å². The first-order chi connectivity index (χ1) is 10.0. The molecule has 0 fully saturated rings. The number of carbonyl (C=O) groups is 1. The molecule has 1 rings (SSSR count). The molecule has 0 spiro atoms. The van der Waals surface area contributed by atoms with Crippen LogP contribution in [-0.2, 0) is 4.79 Å². The number of halogens is 1. The van der Waals surface area contributed by atoms with Gasteiger partial charge in [0.1, 0.15) is 0 Å². The fourth-order valence-corrected chi connectivity index (χ4v) is 3.40. The molecule has 2 unspecified atom stereocenters. The van der Waals surface area contributed by atoms with Crippen molar-refractivity contribution in [1.29, 1.82) is 0 Å². The number of hydrogen-bond donors (Lipinski definition) is 0. The molecule has 2 nitrogen and oxygen atoms in total. The summed E-state index contributed by atoms with van der Waals surface area (Å²) in [4.78, 5) is 14.5. The predicted molar refractivity (Wildman–Crippen MR) is 99.6 cm³/mol. The highest BCUT2D eigenvalue weighted by molar-refractivity contribution is 14.1. The van der Waals surface area contributed by atoms with Crippen molar-refractivity contribution in [3.8, 4) is 0 Å². The van der Waals surface area contributed by atoms with Crippen LogP contribution in [0.4, 0.5) is 0 Å². The fraction of sp³-hybridized carbons (Fsp3) is 0.722. The third-order valence-corrected chi connectivity index (χ3v) is 4.80. The molecule has 0 radical (unpaired) electrons. The van der Waals surface area contributed by atoms with E-state index in [2.05, 4.69) is 67.3 Å². The molecule has 120 valence electrons. The first-order valence-electron chi connectivity index (χ1n) is 8.32. The Bertz CT molecular complexity index is 400. The molecule has 0 aliphatic heterocycles. The highest BCUT2D eigenvalue weighted by Crippen LogP contribution is 2.29. The van der Waals surface area contributed by atoms with Crippen molar-refractivity contribution in [3.05, 3.63) is 23.4 Å². The van der Waals surface area contributed by atoms with E-state index < -0.39 is 0 Å². The molecule has 1 aliphatic carbocycles. The van der Waals surface area contributed by atoms with Crippen LogP contribution in [-0.4, -0.2) is 21.3 Å². The molecule has 1 amide bonds. The summed E-state index contributed by atoms with van der Waals surface area (Å²) >= 11 is 2.19. The van der Waals surface area contributed by atoms with Gasteiger partial charge in [-0.15, -0.1) is 0 Å². The first-order valence-corrected chi connectivity index (χ1v) is 9.85. The predicted octanol–water partition coefficient (Wildman–Crippen LogP) is 5.48. The van der Waals surface area contributed by atoms with Gasteiger partial charge in [0, 0.05) is 11.7 Å². The van der Waals surface area contributed by atoms with E-state index in [1.807, 2.05) is 0 Å². The van der Waals surface area contributed by atoms with Gasteiger partial charge in [-0.25, -0.2) is 0 Å². The summed E-state index contributed by atoms with van der Waals surface area (Å²) < 4.78 is 0.562. The summed E-state index contributed by atoms with van der Waals surface area (Å²) in [6.07, 6.45) is 11.4. The molecule has 0 aromatic carbocycles. The highest BCUT2D eigenvalue weighted by atomic mass is 127. The Labute approximate surface area is 144 Å². The SMILES string of the molecule is CCCCCC(C)N(C(=O)CI)C1=CC(CC)=CC(C)C1. The second-order valence-corrected chi connectivity index (χ2v) is 6.92. The Kier molecular flexibility index (Phi) is 8.60. The van der Waals surface area contributed by atoms with Crippen LogP contribution in [0.2, 0.25) is 0 Å². The van der Waals surface area contributed by atoms with Crippen LogP contribution < -0.4 is 0 Å². The van der Waals surface area contributed by atoms with Crippen LogP contribution in [0.15, 0.2) is 23.4 Å². The van der Waals surface area contributed by atoms with Gasteiger partial charge in [-0.1, -0.05) is 74.3 Å². The first kappa shape index (κ1) is 18.7. The zero-order valence-electron chi connectivity index (χ0n) is 14.0. The maximum atomic E-state index is 12.4. The van der Waals surface area contributed by atoms with Gasteiger partial charge in [-0.3, -0.25) is 4.79 Å². The Morgan fingerprint density at radius 1 is 1.43 bits per heavy atom. The third-order valence-electron chi connectivity index (χ3n) is 4.15. The van der Waals surface area contributed by atoms with E-state index >= 15 is 0 Å². The molecule has 21 heavy (non-hydrogen) atoms. The molecule has 1 aliphatic rings. The van der Waals surface area contributed by atoms with Gasteiger partial charge in [0.15, 0.2) is 0 Å². The van der Waals surface area contributed by atoms with Crippen molar-refractivity contribution in [1.82, 2.24) is 4.90 Å². The third kappa shape index (κ3) is 5.76. The lowest BCUT2D eigenvalue weighted by Gasteiger charge is -2.34. The number of unbranched alkanes of at least 4 members (excludes halogenated alkanes) is 2. The Balaban J connectivity index is 2.89. The minimum absolute atomic E-state index is 0.260. The second-order valence-electron chi connectivity index (χ2n) is 6.15. The molecule has 3 heteroatoms. The number of nitrogens with zero attached hydrogens (tertiary/aromatic N) is 1. The van der Waals surface area contributed by atoms with Gasteiger partial charge >= 0.3 is 0 Å². The quantitative estimate of drug-likeness (QED) is 0.299. The van der Waals surface area contributed by atoms with E-state index in [4.69, 9.17) is 0 Å². The molecule has 2 atom stereocenters. The zero-order valence-corrected chi connectivity index (χ0v) is 16.2. The molecule has 0 aromatic rings. The molecule has 0 N–H and O–H groups in total. The van der Waals surface area contributed by atoms with Crippen molar-refractivity contribution in [2.75, 3.05) is 4.43 Å². The second kappa shape index (κ2) is 9.65. The molecule has 0 aromatic heterocycles. The van der Waals surface area contributed by atoms with Crippen molar-refractivity contribution in [2.24, 2.45) is 5.92 Å². The number of allylic oxidation sites excluding steroid dienone is 4. The molecule has 0 heterocycles. The molecular formula is C18H30INO. The van der Waals surface area contributed by atoms with E-state index in [-0.39, 0.29) is 5.91 Å². The van der Waals surface area contributed by atoms with Crippen LogP contribution >= 0.6 is 22.6 Å². The summed E-state index contributed by atoms with van der Waals surface area (Å²) in [5.74, 6) is 0.794. The summed E-state index contributed by atoms with van der Waals surface area (Å²) in [6.45, 7) is 8.86. The monoisotopic (exact) mass is 403 g/mol. The van der Waals surface area contributed by atoms with Crippen LogP contribution in [0.5, 0.6) is 0 Å². The number of rotatable bonds is 8. The van der Waals surface area contributed by atoms with Gasteiger partial charge in [0.2, 0.25) is 5.91 Å². The lowest BCUT2D eigenvalue weighted by Crippen LogP contribution is -2.39. The molecule has 0 saturated heterocycles. The Hall–Kier alpha value is -0.320. The molecule has 0 bridgehead atoms. The van der Waals surface area contributed by atoms with Gasteiger partial charge in [-0.05, 0) is 38.2 Å². The van der Waals surface area contributed by atoms with E-state index in [9.17, 15) is 4.79 Å². The number of amides is 1. The van der Waals surface area contributed by atoms with Crippen molar-refractivity contribution in [2.45, 2.75) is 72.3 Å². The van der Waals surface area contributed by atoms with E-state index in [1.54, 1.807) is 0 Å². The van der Waals surface area contributed by atoms with Crippen LogP contribution in [0.3, 0.4) is 0 Å². The van der Waals surface area contributed by atoms with Gasteiger partial charge < -0.3 is 4.90 Å². The average Bonchev–Trinajstić information content (AvgIpc) is 2.46. The van der Waals surface area contributed by atoms with E-state index in [0.717, 1.165) is 19.3 Å². The van der Waals surface area contributed by atoms with Gasteiger partial charge in [0.05, 0.1) is 4.43 Å². The number of hydrogen-bond acceptors (Lipinski definition) is 1. The molecule has 0 saturated carbocycles. The van der Waals surface area contributed by atoms with Crippen molar-refractivity contribution < 1.29 is 4.79 Å². The lowest BCUT2D eigenvalue weighted by molar-refractivity contribution is -0.128. The summed E-state index contributed by atoms with van der Waals surface area (Å²) in [5.41, 5.74) is 2.60. The van der Waals surface area contributed by atoms with Crippen LogP contribution in [0.25, 0.3) is 0 Å². The lowest BCUT2D eigenvalue weighted by atomic mass is 9.92. The zero-order chi connectivity index (χ0) is 15.8. The summed E-state index contributed by atoms with van der Waals surface area (Å²) in [6, 6.07) is 0.313. The minimum Gasteiger partial charge on any atom is -0.313 e. The van der Waals surface area contributed by atoms with E-state index in [0.29, 0.717) is 16.4 Å². The van der Waals surface area contributed by atoms with E-state index in [1.165, 1.54) is 30.5 Å². The average molecular weight is 403 g/mol. The largest absolute Gasteiger partial charge is 0.313 e. The highest BCUT2D eigenvalue weighted by Gasteiger charge is 2.25. The van der Waals surface area contributed by atoms with Gasteiger partial charge in [0.25, 0.3) is 0 Å². The minimum atomic E-state index is 0.260. The Morgan fingerprint density at radius 2 is 2.14 bits per heavy atom. The Morgan fingerprint density at radius 3 is 2.71 bits per heavy atom. The smallest absolute Gasteiger partial charge is 0.236 e. The summed E-state index contributed by atoms with van der Waals surface area (Å²) in [7, 11) is 0. The molecular weight excluding hydrogens is 373 g/mol. The standard InChI is InChI=1S/C18H30INO/c1-5-7-8-9-15(4)20(18(21)13-19)17-11-14(3)10-16(6-2)12-17/h10,12,14-15H,5-9,11,13H2,1-4H3. The summed E-state index contributed by atoms with van der Waals surface area (Å²) in [5, 5.41) is 0. The maximum Gasteiger partial charge on any atom is 0.236 e. The maximum absolute atomic E-state index is 12.4. The van der Waals surface area contributed by atoms with Crippen molar-refractivity contribution >= 4 is 28.5 Å². The van der Waals surface area contributed by atoms with Gasteiger partial charge in [-0.2, -0.15) is 0 Å². The number of carbonyl (C=O) groups excluding carboxylic acids is 1. The fourth-order valence-electron chi connectivity index (χ4n) is 3.04. The topological polar surface area (TPSA) is 20.3 Å². The normalized spacial score (nSPS) is 19.8. The van der Waals surface area contributed by atoms with Crippen LogP contribution in [0, 0.1) is 5.92 Å². The van der Waals surface area contributed by atoms with Crippen LogP contribution in [0.1, 0.15) is 66.2 Å². The number of alkyl halides is 1.